The highest BCUT2D eigenvalue weighted by molar-refractivity contribution is 7.80. The van der Waals surface area contributed by atoms with Crippen molar-refractivity contribution in [2.24, 2.45) is 0 Å². The summed E-state index contributed by atoms with van der Waals surface area (Å²) in [5, 5.41) is 0. The predicted octanol–water partition coefficient (Wildman–Crippen LogP) is 2.89. The number of rotatable bonds is 4. The summed E-state index contributed by atoms with van der Waals surface area (Å²) in [7, 11) is 3.42. The number of halogens is 2. The minimum absolute atomic E-state index is 0.344. The SMILES string of the molecule is CN(C)c1c(CCCS)ccc(F)c1F. The standard InChI is InChI=1S/C11H15F2NS/c1-14(2)11-8(4-3-7-15)5-6-9(12)10(11)13/h5-6,15H,3-4,7H2,1-2H3. The molecule has 84 valence electrons. The average molecular weight is 231 g/mol. The van der Waals surface area contributed by atoms with Gasteiger partial charge in [-0.05, 0) is 30.2 Å². The van der Waals surface area contributed by atoms with E-state index in [0.29, 0.717) is 12.1 Å². The van der Waals surface area contributed by atoms with Crippen molar-refractivity contribution in [1.82, 2.24) is 0 Å². The molecule has 1 aromatic rings. The molecule has 15 heavy (non-hydrogen) atoms. The van der Waals surface area contributed by atoms with Gasteiger partial charge in [-0.25, -0.2) is 8.78 Å². The lowest BCUT2D eigenvalue weighted by molar-refractivity contribution is 0.507. The lowest BCUT2D eigenvalue weighted by Gasteiger charge is -2.18. The van der Waals surface area contributed by atoms with E-state index < -0.39 is 11.6 Å². The van der Waals surface area contributed by atoms with Gasteiger partial charge in [0.2, 0.25) is 0 Å². The Bertz CT molecular complexity index is 340. The molecule has 4 heteroatoms. The molecule has 0 unspecified atom stereocenters. The van der Waals surface area contributed by atoms with Crippen LogP contribution in [0.5, 0.6) is 0 Å². The minimum atomic E-state index is -0.798. The van der Waals surface area contributed by atoms with E-state index in [-0.39, 0.29) is 0 Å². The molecule has 0 fully saturated rings. The van der Waals surface area contributed by atoms with Gasteiger partial charge < -0.3 is 4.90 Å². The fraction of sp³-hybridized carbons (Fsp3) is 0.455. The Morgan fingerprint density at radius 1 is 1.27 bits per heavy atom. The van der Waals surface area contributed by atoms with Crippen molar-refractivity contribution >= 4 is 18.3 Å². The Kier molecular flexibility index (Phi) is 4.39. The van der Waals surface area contributed by atoms with Crippen LogP contribution in [0, 0.1) is 11.6 Å². The van der Waals surface area contributed by atoms with Crippen LogP contribution in [-0.4, -0.2) is 19.8 Å². The van der Waals surface area contributed by atoms with Gasteiger partial charge in [-0.1, -0.05) is 6.07 Å². The largest absolute Gasteiger partial charge is 0.375 e. The van der Waals surface area contributed by atoms with Gasteiger partial charge in [0.25, 0.3) is 0 Å². The van der Waals surface area contributed by atoms with Crippen LogP contribution in [0.3, 0.4) is 0 Å². The third-order valence-electron chi connectivity index (χ3n) is 2.20. The Labute approximate surface area is 94.5 Å². The van der Waals surface area contributed by atoms with Crippen LogP contribution < -0.4 is 4.90 Å². The predicted molar refractivity (Wildman–Crippen MR) is 62.9 cm³/mol. The van der Waals surface area contributed by atoms with Crippen molar-refractivity contribution in [3.8, 4) is 0 Å². The van der Waals surface area contributed by atoms with Gasteiger partial charge in [0.1, 0.15) is 0 Å². The first-order valence-corrected chi connectivity index (χ1v) is 5.46. The second-order valence-electron chi connectivity index (χ2n) is 3.59. The first kappa shape index (κ1) is 12.3. The molecule has 0 aliphatic rings. The maximum absolute atomic E-state index is 13.5. The lowest BCUT2D eigenvalue weighted by Crippen LogP contribution is -2.14. The zero-order valence-corrected chi connectivity index (χ0v) is 9.82. The third-order valence-corrected chi connectivity index (χ3v) is 2.52. The summed E-state index contributed by atoms with van der Waals surface area (Å²) in [6.45, 7) is 0. The van der Waals surface area contributed by atoms with Crippen molar-refractivity contribution in [3.63, 3.8) is 0 Å². The van der Waals surface area contributed by atoms with E-state index in [9.17, 15) is 8.78 Å². The zero-order chi connectivity index (χ0) is 11.4. The Balaban J connectivity index is 3.09. The molecule has 0 atom stereocenters. The first-order chi connectivity index (χ1) is 7.07. The fourth-order valence-electron chi connectivity index (χ4n) is 1.53. The van der Waals surface area contributed by atoms with Gasteiger partial charge in [0, 0.05) is 14.1 Å². The number of thiol groups is 1. The van der Waals surface area contributed by atoms with E-state index in [2.05, 4.69) is 12.6 Å². The monoisotopic (exact) mass is 231 g/mol. The normalized spacial score (nSPS) is 10.5. The summed E-state index contributed by atoms with van der Waals surface area (Å²) in [5.74, 6) is -0.823. The van der Waals surface area contributed by atoms with Crippen LogP contribution >= 0.6 is 12.6 Å². The van der Waals surface area contributed by atoms with Gasteiger partial charge in [0.15, 0.2) is 11.6 Å². The van der Waals surface area contributed by atoms with Gasteiger partial charge in [0.05, 0.1) is 5.69 Å². The highest BCUT2D eigenvalue weighted by atomic mass is 32.1. The maximum Gasteiger partial charge on any atom is 0.182 e. The summed E-state index contributed by atoms with van der Waals surface area (Å²) >= 11 is 4.10. The van der Waals surface area contributed by atoms with Crippen LogP contribution in [0.2, 0.25) is 0 Å². The molecule has 0 aliphatic heterocycles. The maximum atomic E-state index is 13.5. The third kappa shape index (κ3) is 2.84. The zero-order valence-electron chi connectivity index (χ0n) is 8.93. The van der Waals surface area contributed by atoms with E-state index in [1.54, 1.807) is 25.1 Å². The van der Waals surface area contributed by atoms with E-state index in [0.717, 1.165) is 17.7 Å². The molecule has 0 N–H and O–H groups in total. The summed E-state index contributed by atoms with van der Waals surface area (Å²) in [6, 6.07) is 2.81. The van der Waals surface area contributed by atoms with Crippen LogP contribution in [0.25, 0.3) is 0 Å². The Hall–Kier alpha value is -0.770. The molecule has 0 aliphatic carbocycles. The van der Waals surface area contributed by atoms with Crippen LogP contribution in [-0.2, 0) is 6.42 Å². The topological polar surface area (TPSA) is 3.24 Å². The van der Waals surface area contributed by atoms with Crippen LogP contribution in [0.1, 0.15) is 12.0 Å². The Morgan fingerprint density at radius 3 is 2.47 bits per heavy atom. The first-order valence-electron chi connectivity index (χ1n) is 4.83. The summed E-state index contributed by atoms with van der Waals surface area (Å²) in [4.78, 5) is 1.60. The molecule has 0 heterocycles. The number of hydrogen-bond donors (Lipinski definition) is 1. The van der Waals surface area contributed by atoms with Gasteiger partial charge >= 0.3 is 0 Å². The van der Waals surface area contributed by atoms with Crippen molar-refractivity contribution in [2.45, 2.75) is 12.8 Å². The number of benzene rings is 1. The molecule has 1 aromatic carbocycles. The van der Waals surface area contributed by atoms with Gasteiger partial charge in [-0.3, -0.25) is 0 Å². The molecule has 0 saturated carbocycles. The number of aryl methyl sites for hydroxylation is 1. The molecule has 0 radical (unpaired) electrons. The van der Waals surface area contributed by atoms with Crippen molar-refractivity contribution in [3.05, 3.63) is 29.3 Å². The van der Waals surface area contributed by atoms with Crippen LogP contribution in [0.15, 0.2) is 12.1 Å². The van der Waals surface area contributed by atoms with E-state index in [4.69, 9.17) is 0 Å². The van der Waals surface area contributed by atoms with E-state index in [1.165, 1.54) is 6.07 Å². The molecule has 0 saturated heterocycles. The fourth-order valence-corrected chi connectivity index (χ4v) is 1.69. The molecule has 0 aromatic heterocycles. The summed E-state index contributed by atoms with van der Waals surface area (Å²) in [6.07, 6.45) is 1.57. The highest BCUT2D eigenvalue weighted by Crippen LogP contribution is 2.26. The summed E-state index contributed by atoms with van der Waals surface area (Å²) < 4.78 is 26.5. The average Bonchev–Trinajstić information content (AvgIpc) is 2.19. The molecule has 0 amide bonds. The molecular weight excluding hydrogens is 216 g/mol. The lowest BCUT2D eigenvalue weighted by atomic mass is 10.1. The van der Waals surface area contributed by atoms with E-state index >= 15 is 0 Å². The second-order valence-corrected chi connectivity index (χ2v) is 4.04. The van der Waals surface area contributed by atoms with Crippen molar-refractivity contribution < 1.29 is 8.78 Å². The minimum Gasteiger partial charge on any atom is -0.375 e. The van der Waals surface area contributed by atoms with Crippen molar-refractivity contribution in [2.75, 3.05) is 24.7 Å². The smallest absolute Gasteiger partial charge is 0.182 e. The Morgan fingerprint density at radius 2 is 1.93 bits per heavy atom. The molecular formula is C11H15F2NS. The van der Waals surface area contributed by atoms with Crippen molar-refractivity contribution in [1.29, 1.82) is 0 Å². The number of anilines is 1. The number of hydrogen-bond acceptors (Lipinski definition) is 2. The highest BCUT2D eigenvalue weighted by Gasteiger charge is 2.14. The van der Waals surface area contributed by atoms with E-state index in [1.807, 2.05) is 0 Å². The quantitative estimate of drug-likeness (QED) is 0.780. The second kappa shape index (κ2) is 5.35. The molecule has 1 rings (SSSR count). The van der Waals surface area contributed by atoms with Gasteiger partial charge in [-0.15, -0.1) is 0 Å². The summed E-state index contributed by atoms with van der Waals surface area (Å²) in [5.41, 5.74) is 1.17. The van der Waals surface area contributed by atoms with Gasteiger partial charge in [-0.2, -0.15) is 12.6 Å². The molecule has 0 spiro atoms. The molecule has 0 bridgehead atoms. The number of nitrogens with zero attached hydrogens (tertiary/aromatic N) is 1. The van der Waals surface area contributed by atoms with Crippen LogP contribution in [0.4, 0.5) is 14.5 Å². The molecule has 1 nitrogen and oxygen atoms in total.